The largest absolute Gasteiger partial charge is 0.480 e. The van der Waals surface area contributed by atoms with Gasteiger partial charge in [-0.3, -0.25) is 0 Å². The number of piperazine rings is 1. The molecule has 0 aromatic heterocycles. The van der Waals surface area contributed by atoms with Crippen LogP contribution >= 0.6 is 11.8 Å². The van der Waals surface area contributed by atoms with Gasteiger partial charge in [-0.2, -0.15) is 11.8 Å². The molecule has 0 bridgehead atoms. The Morgan fingerprint density at radius 2 is 2.10 bits per heavy atom. The Labute approximate surface area is 130 Å². The van der Waals surface area contributed by atoms with Crippen molar-refractivity contribution in [2.45, 2.75) is 18.9 Å². The van der Waals surface area contributed by atoms with Gasteiger partial charge in [0.1, 0.15) is 6.04 Å². The first-order valence-electron chi connectivity index (χ1n) is 7.32. The lowest BCUT2D eigenvalue weighted by Crippen LogP contribution is -2.47. The number of hydrogen-bond acceptors (Lipinski definition) is 5. The standard InChI is InChI=1S/C13H26N4O3S/c1-21-10-3-11(12(18)19)16-13(20)15-4-2-7-17-8-5-14-6-9-17/h11,14H,2-10H2,1H3,(H,18,19)(H2,15,16,20)/t11-/m0/s1. The summed E-state index contributed by atoms with van der Waals surface area (Å²) >= 11 is 1.57. The topological polar surface area (TPSA) is 93.7 Å². The molecule has 2 amide bonds. The second-order valence-electron chi connectivity index (χ2n) is 5.02. The minimum absolute atomic E-state index is 0.399. The molecule has 0 aliphatic carbocycles. The van der Waals surface area contributed by atoms with Crippen molar-refractivity contribution in [2.24, 2.45) is 0 Å². The Morgan fingerprint density at radius 1 is 1.38 bits per heavy atom. The van der Waals surface area contributed by atoms with Crippen molar-refractivity contribution in [3.8, 4) is 0 Å². The molecule has 0 spiro atoms. The van der Waals surface area contributed by atoms with Gasteiger partial charge in [0.25, 0.3) is 0 Å². The highest BCUT2D eigenvalue weighted by molar-refractivity contribution is 7.98. The summed E-state index contributed by atoms with van der Waals surface area (Å²) in [4.78, 5) is 25.0. The molecule has 1 atom stereocenters. The van der Waals surface area contributed by atoms with Gasteiger partial charge >= 0.3 is 12.0 Å². The van der Waals surface area contributed by atoms with Crippen molar-refractivity contribution in [3.63, 3.8) is 0 Å². The summed E-state index contributed by atoms with van der Waals surface area (Å²) in [6, 6.07) is -1.21. The van der Waals surface area contributed by atoms with Gasteiger partial charge in [0.05, 0.1) is 0 Å². The SMILES string of the molecule is CSCC[C@H](NC(=O)NCCCN1CCNCC1)C(=O)O. The molecule has 0 aromatic carbocycles. The Kier molecular flexibility index (Phi) is 9.20. The molecule has 1 heterocycles. The fourth-order valence-electron chi connectivity index (χ4n) is 2.14. The predicted molar refractivity (Wildman–Crippen MR) is 84.9 cm³/mol. The number of thioether (sulfide) groups is 1. The van der Waals surface area contributed by atoms with E-state index in [0.717, 1.165) is 39.1 Å². The first-order chi connectivity index (χ1) is 10.1. The molecule has 122 valence electrons. The maximum absolute atomic E-state index is 11.7. The third-order valence-corrected chi connectivity index (χ3v) is 4.00. The summed E-state index contributed by atoms with van der Waals surface area (Å²) in [5.41, 5.74) is 0. The maximum Gasteiger partial charge on any atom is 0.326 e. The zero-order valence-electron chi connectivity index (χ0n) is 12.6. The maximum atomic E-state index is 11.7. The van der Waals surface area contributed by atoms with Gasteiger partial charge < -0.3 is 26.0 Å². The molecule has 0 radical (unpaired) electrons. The highest BCUT2D eigenvalue weighted by atomic mass is 32.2. The Bertz CT molecular complexity index is 325. The van der Waals surface area contributed by atoms with E-state index in [1.165, 1.54) is 0 Å². The van der Waals surface area contributed by atoms with Gasteiger partial charge in [0.15, 0.2) is 0 Å². The molecule has 21 heavy (non-hydrogen) atoms. The average molecular weight is 318 g/mol. The van der Waals surface area contributed by atoms with Crippen LogP contribution in [0.5, 0.6) is 0 Å². The smallest absolute Gasteiger partial charge is 0.326 e. The van der Waals surface area contributed by atoms with E-state index in [2.05, 4.69) is 20.9 Å². The summed E-state index contributed by atoms with van der Waals surface area (Å²) < 4.78 is 0. The molecule has 0 saturated carbocycles. The molecule has 4 N–H and O–H groups in total. The minimum Gasteiger partial charge on any atom is -0.480 e. The van der Waals surface area contributed by atoms with Crippen molar-refractivity contribution >= 4 is 23.8 Å². The van der Waals surface area contributed by atoms with Gasteiger partial charge in [0, 0.05) is 32.7 Å². The molecular formula is C13H26N4O3S. The number of urea groups is 1. The third kappa shape index (κ3) is 8.13. The molecule has 1 aliphatic heterocycles. The van der Waals surface area contributed by atoms with Gasteiger partial charge in [-0.05, 0) is 31.4 Å². The highest BCUT2D eigenvalue weighted by Gasteiger charge is 2.19. The van der Waals surface area contributed by atoms with E-state index in [4.69, 9.17) is 5.11 Å². The second kappa shape index (κ2) is 10.7. The first-order valence-corrected chi connectivity index (χ1v) is 8.72. The lowest BCUT2D eigenvalue weighted by molar-refractivity contribution is -0.139. The van der Waals surface area contributed by atoms with Crippen molar-refractivity contribution in [1.82, 2.24) is 20.9 Å². The van der Waals surface area contributed by atoms with Crippen LogP contribution in [0.4, 0.5) is 4.79 Å². The predicted octanol–water partition coefficient (Wildman–Crippen LogP) is -0.213. The molecular weight excluding hydrogens is 292 g/mol. The number of carboxylic acids is 1. The quantitative estimate of drug-likeness (QED) is 0.440. The van der Waals surface area contributed by atoms with E-state index < -0.39 is 18.0 Å². The van der Waals surface area contributed by atoms with Crippen LogP contribution < -0.4 is 16.0 Å². The zero-order valence-corrected chi connectivity index (χ0v) is 13.4. The summed E-state index contributed by atoms with van der Waals surface area (Å²) in [6.07, 6.45) is 3.22. The Morgan fingerprint density at radius 3 is 2.71 bits per heavy atom. The molecule has 0 aromatic rings. The fourth-order valence-corrected chi connectivity index (χ4v) is 2.61. The first kappa shape index (κ1) is 18.1. The minimum atomic E-state index is -0.986. The van der Waals surface area contributed by atoms with Crippen molar-refractivity contribution in [2.75, 3.05) is 51.3 Å². The molecule has 0 unspecified atom stereocenters. The molecule has 1 saturated heterocycles. The number of amides is 2. The number of nitrogens with zero attached hydrogens (tertiary/aromatic N) is 1. The third-order valence-electron chi connectivity index (χ3n) is 3.36. The number of hydrogen-bond donors (Lipinski definition) is 4. The zero-order chi connectivity index (χ0) is 15.5. The summed E-state index contributed by atoms with van der Waals surface area (Å²) in [5, 5.41) is 17.5. The van der Waals surface area contributed by atoms with Crippen LogP contribution in [0.15, 0.2) is 0 Å². The lowest BCUT2D eigenvalue weighted by Gasteiger charge is -2.27. The van der Waals surface area contributed by atoms with E-state index >= 15 is 0 Å². The van der Waals surface area contributed by atoms with E-state index in [-0.39, 0.29) is 0 Å². The molecule has 1 rings (SSSR count). The van der Waals surface area contributed by atoms with E-state index in [9.17, 15) is 9.59 Å². The summed E-state index contributed by atoms with van der Waals surface area (Å²) in [7, 11) is 0. The molecule has 1 fully saturated rings. The fraction of sp³-hybridized carbons (Fsp3) is 0.846. The second-order valence-corrected chi connectivity index (χ2v) is 6.00. The number of rotatable bonds is 9. The average Bonchev–Trinajstić information content (AvgIpc) is 2.48. The molecule has 7 nitrogen and oxygen atoms in total. The molecule has 1 aliphatic rings. The number of carbonyl (C=O) groups is 2. The van der Waals surface area contributed by atoms with E-state index in [1.807, 2.05) is 6.26 Å². The van der Waals surface area contributed by atoms with Crippen LogP contribution in [-0.4, -0.2) is 79.3 Å². The van der Waals surface area contributed by atoms with Crippen LogP contribution in [0.25, 0.3) is 0 Å². The van der Waals surface area contributed by atoms with Crippen LogP contribution in [-0.2, 0) is 4.79 Å². The Balaban J connectivity index is 2.12. The van der Waals surface area contributed by atoms with Gasteiger partial charge in [-0.15, -0.1) is 0 Å². The van der Waals surface area contributed by atoms with E-state index in [1.54, 1.807) is 11.8 Å². The summed E-state index contributed by atoms with van der Waals surface area (Å²) in [6.45, 7) is 5.64. The van der Waals surface area contributed by atoms with Crippen molar-refractivity contribution < 1.29 is 14.7 Å². The van der Waals surface area contributed by atoms with Crippen LogP contribution in [0.1, 0.15) is 12.8 Å². The normalized spacial score (nSPS) is 17.2. The van der Waals surface area contributed by atoms with Crippen LogP contribution in [0.3, 0.4) is 0 Å². The number of carbonyl (C=O) groups excluding carboxylic acids is 1. The summed E-state index contributed by atoms with van der Waals surface area (Å²) in [5.74, 6) is -0.278. The lowest BCUT2D eigenvalue weighted by atomic mass is 10.2. The Hall–Kier alpha value is -0.990. The monoisotopic (exact) mass is 318 g/mol. The number of carboxylic acid groups (broad SMARTS) is 1. The number of aliphatic carboxylic acids is 1. The molecule has 8 heteroatoms. The van der Waals surface area contributed by atoms with Gasteiger partial charge in [-0.1, -0.05) is 0 Å². The van der Waals surface area contributed by atoms with Gasteiger partial charge in [-0.25, -0.2) is 9.59 Å². The van der Waals surface area contributed by atoms with Crippen LogP contribution in [0, 0.1) is 0 Å². The van der Waals surface area contributed by atoms with Crippen LogP contribution in [0.2, 0.25) is 0 Å². The van der Waals surface area contributed by atoms with E-state index in [0.29, 0.717) is 18.7 Å². The van der Waals surface area contributed by atoms with Gasteiger partial charge in [0.2, 0.25) is 0 Å². The van der Waals surface area contributed by atoms with Crippen molar-refractivity contribution in [1.29, 1.82) is 0 Å². The van der Waals surface area contributed by atoms with Crippen molar-refractivity contribution in [3.05, 3.63) is 0 Å². The highest BCUT2D eigenvalue weighted by Crippen LogP contribution is 2.01. The number of nitrogens with one attached hydrogen (secondary N) is 3.